The molecular weight excluding hydrogens is 480 g/mol. The van der Waals surface area contributed by atoms with Crippen LogP contribution in [-0.4, -0.2) is 47.3 Å². The van der Waals surface area contributed by atoms with E-state index in [4.69, 9.17) is 4.84 Å². The number of anilines is 1. The van der Waals surface area contributed by atoms with Crippen molar-refractivity contribution in [3.8, 4) is 5.75 Å². The summed E-state index contributed by atoms with van der Waals surface area (Å²) in [6.07, 6.45) is 10.3. The lowest BCUT2D eigenvalue weighted by molar-refractivity contribution is -0.140. The lowest BCUT2D eigenvalue weighted by Gasteiger charge is -2.27. The summed E-state index contributed by atoms with van der Waals surface area (Å²) in [5.74, 6) is -0.446. The van der Waals surface area contributed by atoms with Gasteiger partial charge in [0, 0.05) is 18.2 Å². The van der Waals surface area contributed by atoms with E-state index in [9.17, 15) is 14.4 Å². The van der Waals surface area contributed by atoms with Crippen molar-refractivity contribution in [2.45, 2.75) is 63.5 Å². The molecule has 0 bridgehead atoms. The molecule has 1 aliphatic carbocycles. The number of allylic oxidation sites excluding steroid dienone is 1. The highest BCUT2D eigenvalue weighted by Crippen LogP contribution is 2.45. The molecule has 38 heavy (non-hydrogen) atoms. The molecule has 4 rings (SSSR count). The number of hydrogen-bond donors (Lipinski definition) is 3. The van der Waals surface area contributed by atoms with Crippen molar-refractivity contribution in [3.05, 3.63) is 72.8 Å². The number of rotatable bonds is 13. The van der Waals surface area contributed by atoms with Gasteiger partial charge in [-0.05, 0) is 56.4 Å². The summed E-state index contributed by atoms with van der Waals surface area (Å²) < 4.78 is 0. The maximum atomic E-state index is 13.5. The van der Waals surface area contributed by atoms with Gasteiger partial charge in [0.1, 0.15) is 11.6 Å². The Labute approximate surface area is 224 Å². The number of carbonyl (C=O) groups is 3. The molecule has 8 heteroatoms. The number of likely N-dealkylation sites (tertiary alicyclic amines) is 1. The second-order valence-electron chi connectivity index (χ2n) is 10.0. The minimum absolute atomic E-state index is 0.105. The minimum Gasteiger partial charge on any atom is -0.379 e. The summed E-state index contributed by atoms with van der Waals surface area (Å²) in [4.78, 5) is 46.8. The summed E-state index contributed by atoms with van der Waals surface area (Å²) in [7, 11) is 0. The number of amides is 3. The quantitative estimate of drug-likeness (QED) is 0.210. The van der Waals surface area contributed by atoms with Crippen molar-refractivity contribution in [2.75, 3.05) is 18.4 Å². The van der Waals surface area contributed by atoms with Crippen molar-refractivity contribution in [1.82, 2.24) is 15.7 Å². The third-order valence-electron chi connectivity index (χ3n) is 7.21. The van der Waals surface area contributed by atoms with Crippen LogP contribution in [0.2, 0.25) is 0 Å². The first-order valence-corrected chi connectivity index (χ1v) is 13.6. The molecule has 3 amide bonds. The van der Waals surface area contributed by atoms with Gasteiger partial charge in [0.15, 0.2) is 5.75 Å². The van der Waals surface area contributed by atoms with Gasteiger partial charge < -0.3 is 20.4 Å². The zero-order chi connectivity index (χ0) is 26.8. The SMILES string of the molecule is CCCCC/C=C\[C@@H]1C[C@]1(NC(=O)[C@@H]1CCCN1C(=O)CNc1ccccc1)C(=O)NOc1ccccc1. The van der Waals surface area contributed by atoms with E-state index in [1.807, 2.05) is 54.6 Å². The van der Waals surface area contributed by atoms with Crippen LogP contribution in [0.25, 0.3) is 0 Å². The van der Waals surface area contributed by atoms with Crippen molar-refractivity contribution in [3.63, 3.8) is 0 Å². The predicted octanol–water partition coefficient (Wildman–Crippen LogP) is 4.21. The molecule has 3 N–H and O–H groups in total. The Balaban J connectivity index is 1.39. The minimum atomic E-state index is -1.09. The molecule has 0 spiro atoms. The fraction of sp³-hybridized carbons (Fsp3) is 0.433. The summed E-state index contributed by atoms with van der Waals surface area (Å²) >= 11 is 0. The molecule has 202 valence electrons. The monoisotopic (exact) mass is 518 g/mol. The third kappa shape index (κ3) is 6.94. The number of benzene rings is 2. The van der Waals surface area contributed by atoms with Gasteiger partial charge in [-0.2, -0.15) is 5.48 Å². The zero-order valence-corrected chi connectivity index (χ0v) is 22.0. The van der Waals surface area contributed by atoms with E-state index >= 15 is 0 Å². The molecule has 3 atom stereocenters. The van der Waals surface area contributed by atoms with Gasteiger partial charge in [-0.3, -0.25) is 14.4 Å². The van der Waals surface area contributed by atoms with Crippen molar-refractivity contribution >= 4 is 23.4 Å². The second-order valence-corrected chi connectivity index (χ2v) is 10.0. The Kier molecular flexibility index (Phi) is 9.40. The Morgan fingerprint density at radius 2 is 1.79 bits per heavy atom. The van der Waals surface area contributed by atoms with E-state index in [-0.39, 0.29) is 30.2 Å². The van der Waals surface area contributed by atoms with Crippen LogP contribution in [0.4, 0.5) is 5.69 Å². The number of hydroxylamine groups is 1. The molecule has 0 unspecified atom stereocenters. The Morgan fingerprint density at radius 1 is 1.05 bits per heavy atom. The lowest BCUT2D eigenvalue weighted by atomic mass is 10.1. The maximum Gasteiger partial charge on any atom is 0.278 e. The summed E-state index contributed by atoms with van der Waals surface area (Å²) in [5.41, 5.74) is 2.29. The van der Waals surface area contributed by atoms with Crippen LogP contribution in [0.1, 0.15) is 51.9 Å². The molecule has 2 fully saturated rings. The van der Waals surface area contributed by atoms with Gasteiger partial charge in [0.2, 0.25) is 11.8 Å². The Morgan fingerprint density at radius 3 is 2.53 bits per heavy atom. The van der Waals surface area contributed by atoms with Gasteiger partial charge in [-0.15, -0.1) is 0 Å². The molecule has 1 heterocycles. The first-order chi connectivity index (χ1) is 18.5. The number of carbonyl (C=O) groups excluding carboxylic acids is 3. The van der Waals surface area contributed by atoms with Gasteiger partial charge in [-0.25, -0.2) is 0 Å². The molecule has 8 nitrogen and oxygen atoms in total. The van der Waals surface area contributed by atoms with Gasteiger partial charge >= 0.3 is 0 Å². The average Bonchev–Trinajstić information content (AvgIpc) is 3.40. The highest BCUT2D eigenvalue weighted by molar-refractivity contribution is 5.97. The molecule has 2 aromatic carbocycles. The number of para-hydroxylation sites is 2. The molecule has 1 saturated carbocycles. The van der Waals surface area contributed by atoms with E-state index in [1.165, 1.54) is 0 Å². The first-order valence-electron chi connectivity index (χ1n) is 13.6. The maximum absolute atomic E-state index is 13.5. The molecule has 2 aromatic rings. The summed E-state index contributed by atoms with van der Waals surface area (Å²) in [6.45, 7) is 2.79. The topological polar surface area (TPSA) is 99.8 Å². The predicted molar refractivity (Wildman–Crippen MR) is 147 cm³/mol. The van der Waals surface area contributed by atoms with Crippen molar-refractivity contribution in [1.29, 1.82) is 0 Å². The number of nitrogens with one attached hydrogen (secondary N) is 3. The summed E-state index contributed by atoms with van der Waals surface area (Å²) in [5, 5.41) is 6.13. The molecule has 1 saturated heterocycles. The molecule has 0 radical (unpaired) electrons. The second kappa shape index (κ2) is 13.1. The molecule has 0 aromatic heterocycles. The average molecular weight is 519 g/mol. The van der Waals surface area contributed by atoms with Crippen molar-refractivity contribution < 1.29 is 19.2 Å². The Bertz CT molecular complexity index is 1110. The third-order valence-corrected chi connectivity index (χ3v) is 7.21. The van der Waals surface area contributed by atoms with Gasteiger partial charge in [0.25, 0.3) is 5.91 Å². The fourth-order valence-corrected chi connectivity index (χ4v) is 4.92. The van der Waals surface area contributed by atoms with Gasteiger partial charge in [0.05, 0.1) is 6.54 Å². The van der Waals surface area contributed by atoms with E-state index in [0.29, 0.717) is 25.1 Å². The number of hydrogen-bond acceptors (Lipinski definition) is 5. The number of unbranched alkanes of at least 4 members (excludes halogenated alkanes) is 3. The molecular formula is C30H38N4O4. The van der Waals surface area contributed by atoms with Gasteiger partial charge in [-0.1, -0.05) is 68.3 Å². The highest BCUT2D eigenvalue weighted by atomic mass is 16.7. The van der Waals surface area contributed by atoms with Crippen LogP contribution in [0.3, 0.4) is 0 Å². The van der Waals surface area contributed by atoms with Crippen LogP contribution in [0.5, 0.6) is 5.75 Å². The molecule has 1 aliphatic heterocycles. The Hall–Kier alpha value is -3.81. The lowest BCUT2D eigenvalue weighted by Crippen LogP contribution is -2.56. The van der Waals surface area contributed by atoms with Crippen LogP contribution < -0.4 is 21.0 Å². The zero-order valence-electron chi connectivity index (χ0n) is 22.0. The first kappa shape index (κ1) is 27.2. The van der Waals surface area contributed by atoms with E-state index in [2.05, 4.69) is 29.1 Å². The number of nitrogens with zero attached hydrogens (tertiary/aromatic N) is 1. The van der Waals surface area contributed by atoms with Crippen LogP contribution >= 0.6 is 0 Å². The van der Waals surface area contributed by atoms with E-state index < -0.39 is 11.6 Å². The smallest absolute Gasteiger partial charge is 0.278 e. The fourth-order valence-electron chi connectivity index (χ4n) is 4.92. The van der Waals surface area contributed by atoms with E-state index in [0.717, 1.165) is 37.8 Å². The summed E-state index contributed by atoms with van der Waals surface area (Å²) in [6, 6.07) is 17.9. The van der Waals surface area contributed by atoms with Crippen LogP contribution in [0.15, 0.2) is 72.8 Å². The van der Waals surface area contributed by atoms with Crippen LogP contribution in [-0.2, 0) is 14.4 Å². The highest BCUT2D eigenvalue weighted by Gasteiger charge is 2.61. The standard InChI is InChI=1S/C30H38N4O4/c1-2-3-4-5-8-14-23-21-30(23,29(37)33-38-25-17-11-7-12-18-25)32-28(36)26-19-13-20-34(26)27(35)22-31-24-15-9-6-10-16-24/h6-12,14-18,23,26,31H,2-5,13,19-22H2,1H3,(H,32,36)(H,33,37)/b14-8-/t23-,26+,30-/m1/s1. The molecule has 2 aliphatic rings. The van der Waals surface area contributed by atoms with E-state index in [1.54, 1.807) is 17.0 Å². The normalized spacial score (nSPS) is 22.2. The van der Waals surface area contributed by atoms with Crippen molar-refractivity contribution in [2.24, 2.45) is 5.92 Å². The van der Waals surface area contributed by atoms with Crippen LogP contribution in [0, 0.1) is 5.92 Å². The largest absolute Gasteiger partial charge is 0.379 e.